The van der Waals surface area contributed by atoms with Crippen LogP contribution < -0.4 is 0 Å². The number of aromatic amines is 2. The van der Waals surface area contributed by atoms with E-state index >= 15 is 0 Å². The molecule has 0 aromatic carbocycles. The summed E-state index contributed by atoms with van der Waals surface area (Å²) in [5.41, 5.74) is 7.71. The molecular formula is C33H34N4O6. The normalized spacial score (nSPS) is 16.4. The van der Waals surface area contributed by atoms with Crippen molar-refractivity contribution in [2.75, 3.05) is 0 Å². The second-order valence-electron chi connectivity index (χ2n) is 11.1. The third kappa shape index (κ3) is 4.92. The molecule has 5 heterocycles. The van der Waals surface area contributed by atoms with Crippen molar-refractivity contribution in [2.24, 2.45) is 0 Å². The van der Waals surface area contributed by atoms with Crippen LogP contribution in [0, 0.1) is 13.8 Å². The van der Waals surface area contributed by atoms with Crippen molar-refractivity contribution in [3.63, 3.8) is 0 Å². The highest BCUT2D eigenvalue weighted by molar-refractivity contribution is 6.08. The first-order chi connectivity index (χ1) is 20.4. The van der Waals surface area contributed by atoms with E-state index in [-0.39, 0.29) is 41.1 Å². The number of aromatic carboxylic acids is 2. The zero-order chi connectivity index (χ0) is 31.3. The molecule has 0 aliphatic carbocycles. The summed E-state index contributed by atoms with van der Waals surface area (Å²) in [6.07, 6.45) is 2.38. The van der Waals surface area contributed by atoms with Gasteiger partial charge >= 0.3 is 17.9 Å². The fraction of sp³-hybridized carbons (Fsp3) is 0.303. The quantitative estimate of drug-likeness (QED) is 0.197. The van der Waals surface area contributed by atoms with Gasteiger partial charge < -0.3 is 25.3 Å². The Morgan fingerprint density at radius 3 is 2.16 bits per heavy atom. The second-order valence-corrected chi connectivity index (χ2v) is 11.1. The van der Waals surface area contributed by atoms with Crippen molar-refractivity contribution >= 4 is 57.2 Å². The third-order valence-electron chi connectivity index (χ3n) is 8.73. The van der Waals surface area contributed by atoms with Crippen LogP contribution in [0.2, 0.25) is 0 Å². The molecule has 5 rings (SSSR count). The first-order valence-electron chi connectivity index (χ1n) is 14.2. The van der Waals surface area contributed by atoms with Gasteiger partial charge in [-0.05, 0) is 74.1 Å². The first-order valence-corrected chi connectivity index (χ1v) is 14.2. The average molecular weight is 583 g/mol. The van der Waals surface area contributed by atoms with E-state index in [1.165, 1.54) is 0 Å². The summed E-state index contributed by atoms with van der Waals surface area (Å²) in [7, 11) is 0. The van der Waals surface area contributed by atoms with Crippen LogP contribution in [0.25, 0.3) is 39.3 Å². The largest absolute Gasteiger partial charge is 0.481 e. The summed E-state index contributed by atoms with van der Waals surface area (Å²) in [5.74, 6) is -4.57. The van der Waals surface area contributed by atoms with Gasteiger partial charge in [-0.25, -0.2) is 14.6 Å². The second kappa shape index (κ2) is 11.0. The lowest BCUT2D eigenvalue weighted by Gasteiger charge is -2.16. The summed E-state index contributed by atoms with van der Waals surface area (Å²) in [6, 6.07) is 5.58. The fourth-order valence-electron chi connectivity index (χ4n) is 6.32. The number of nitrogens with one attached hydrogen (secondary N) is 2. The molecule has 10 heteroatoms. The van der Waals surface area contributed by atoms with E-state index in [2.05, 4.69) is 16.5 Å². The molecule has 0 amide bonds. The molecule has 5 N–H and O–H groups in total. The number of rotatable bonds is 7. The standard InChI is InChI=1S/C33H34N4O6/c1-7-18-14(3)21-11-23-16(5)20(9-10-27(38)39)30(36-23)29(33(42)43)31-28(32(40)41)17(6)24(37-31)13-26-19(8-2)15(4)22(35-26)12-25(18)34-21/h7,11-13,16,20,34,37H,1,8-10H2,2-6H3,(H,38,39)(H,40,41)(H,42,43)/t16-,20-/m1/s1. The molecule has 43 heavy (non-hydrogen) atoms. The van der Waals surface area contributed by atoms with Crippen LogP contribution in [0.1, 0.15) is 112 Å². The van der Waals surface area contributed by atoms with Crippen molar-refractivity contribution in [1.82, 2.24) is 19.9 Å². The number of hydrogen-bond acceptors (Lipinski definition) is 5. The molecule has 0 radical (unpaired) electrons. The Hall–Kier alpha value is -4.99. The van der Waals surface area contributed by atoms with Gasteiger partial charge in [0.15, 0.2) is 0 Å². The zero-order valence-corrected chi connectivity index (χ0v) is 24.8. The Bertz CT molecular complexity index is 1930. The Labute approximate surface area is 247 Å². The van der Waals surface area contributed by atoms with Gasteiger partial charge in [0.25, 0.3) is 0 Å². The number of carboxylic acids is 3. The van der Waals surface area contributed by atoms with Gasteiger partial charge in [-0.2, -0.15) is 0 Å². The van der Waals surface area contributed by atoms with Crippen molar-refractivity contribution in [3.05, 3.63) is 75.4 Å². The molecule has 3 aromatic rings. The summed E-state index contributed by atoms with van der Waals surface area (Å²) < 4.78 is 0. The molecule has 222 valence electrons. The van der Waals surface area contributed by atoms with Crippen LogP contribution in [0.15, 0.2) is 24.8 Å². The Morgan fingerprint density at radius 2 is 1.56 bits per heavy atom. The van der Waals surface area contributed by atoms with Crippen molar-refractivity contribution < 1.29 is 29.7 Å². The van der Waals surface area contributed by atoms with E-state index in [9.17, 15) is 29.7 Å². The highest BCUT2D eigenvalue weighted by Gasteiger charge is 2.35. The predicted molar refractivity (Wildman–Crippen MR) is 165 cm³/mol. The van der Waals surface area contributed by atoms with Crippen LogP contribution in [-0.4, -0.2) is 53.2 Å². The number of fused-ring (bicyclic) bond motifs is 8. The van der Waals surface area contributed by atoms with E-state index in [1.54, 1.807) is 19.1 Å². The van der Waals surface area contributed by atoms with Gasteiger partial charge in [-0.3, -0.25) is 9.78 Å². The van der Waals surface area contributed by atoms with E-state index in [4.69, 9.17) is 9.97 Å². The number of carbonyl (C=O) groups is 3. The van der Waals surface area contributed by atoms with Gasteiger partial charge in [-0.15, -0.1) is 0 Å². The smallest absolute Gasteiger partial charge is 0.339 e. The number of aliphatic carboxylic acids is 1. The molecule has 0 fully saturated rings. The Morgan fingerprint density at radius 1 is 0.907 bits per heavy atom. The number of allylic oxidation sites excluding steroid dienone is 2. The fourth-order valence-corrected chi connectivity index (χ4v) is 6.32. The van der Waals surface area contributed by atoms with E-state index in [0.717, 1.165) is 39.0 Å². The Balaban J connectivity index is 2.05. The Kier molecular flexibility index (Phi) is 7.56. The highest BCUT2D eigenvalue weighted by Crippen LogP contribution is 2.42. The molecule has 8 bridgehead atoms. The maximum absolute atomic E-state index is 12.9. The number of carboxylic acid groups (broad SMARTS) is 3. The average Bonchev–Trinajstić information content (AvgIpc) is 3.60. The van der Waals surface area contributed by atoms with Gasteiger partial charge in [0.1, 0.15) is 5.56 Å². The molecule has 0 saturated carbocycles. The molecular weight excluding hydrogens is 548 g/mol. The van der Waals surface area contributed by atoms with E-state index < -0.39 is 23.8 Å². The van der Waals surface area contributed by atoms with Crippen LogP contribution >= 0.6 is 0 Å². The van der Waals surface area contributed by atoms with Crippen molar-refractivity contribution in [2.45, 2.75) is 65.7 Å². The third-order valence-corrected chi connectivity index (χ3v) is 8.73. The van der Waals surface area contributed by atoms with Gasteiger partial charge in [-0.1, -0.05) is 26.5 Å². The van der Waals surface area contributed by atoms with Crippen molar-refractivity contribution in [1.29, 1.82) is 0 Å². The maximum Gasteiger partial charge on any atom is 0.339 e. The van der Waals surface area contributed by atoms with Crippen LogP contribution in [0.3, 0.4) is 0 Å². The first kappa shape index (κ1) is 29.5. The lowest BCUT2D eigenvalue weighted by atomic mass is 9.85. The summed E-state index contributed by atoms with van der Waals surface area (Å²) in [4.78, 5) is 53.3. The minimum absolute atomic E-state index is 0.0798. The van der Waals surface area contributed by atoms with Crippen molar-refractivity contribution in [3.8, 4) is 0 Å². The van der Waals surface area contributed by atoms with Gasteiger partial charge in [0, 0.05) is 46.1 Å². The molecule has 2 atom stereocenters. The number of aromatic nitrogens is 4. The number of aryl methyl sites for hydroxylation is 2. The molecule has 0 unspecified atom stereocenters. The molecule has 0 saturated heterocycles. The monoisotopic (exact) mass is 582 g/mol. The highest BCUT2D eigenvalue weighted by atomic mass is 16.4. The molecule has 3 aromatic heterocycles. The lowest BCUT2D eigenvalue weighted by Crippen LogP contribution is -2.11. The maximum atomic E-state index is 12.9. The topological polar surface area (TPSA) is 169 Å². The van der Waals surface area contributed by atoms with Crippen LogP contribution in [0.5, 0.6) is 0 Å². The van der Waals surface area contributed by atoms with Crippen LogP contribution in [0.4, 0.5) is 0 Å². The van der Waals surface area contributed by atoms with Gasteiger partial charge in [0.05, 0.1) is 28.2 Å². The minimum atomic E-state index is -1.36. The molecule has 10 nitrogen and oxygen atoms in total. The summed E-state index contributed by atoms with van der Waals surface area (Å²) in [5, 5.41) is 30.3. The zero-order valence-electron chi connectivity index (χ0n) is 24.8. The SMILES string of the molecule is C=Cc1c(C)c2cc3nc(c(C(=O)O)c4[nH]c(cc5nc(cc1[nH]2)C(C)=C5CC)c(C)c4C(=O)O)[C@H](CCC(=O)O)[C@H]3C. The van der Waals surface area contributed by atoms with Crippen LogP contribution in [-0.2, 0) is 4.79 Å². The summed E-state index contributed by atoms with van der Waals surface area (Å²) >= 11 is 0. The number of hydrogen-bond donors (Lipinski definition) is 5. The number of nitrogens with zero attached hydrogens (tertiary/aromatic N) is 2. The van der Waals surface area contributed by atoms with Gasteiger partial charge in [0.2, 0.25) is 0 Å². The van der Waals surface area contributed by atoms with E-state index in [0.29, 0.717) is 28.9 Å². The number of H-pyrrole nitrogens is 2. The van der Waals surface area contributed by atoms with E-state index in [1.807, 2.05) is 39.8 Å². The minimum Gasteiger partial charge on any atom is -0.481 e. The molecule has 0 spiro atoms. The lowest BCUT2D eigenvalue weighted by molar-refractivity contribution is -0.137. The predicted octanol–water partition coefficient (Wildman–Crippen LogP) is 7.06. The summed E-state index contributed by atoms with van der Waals surface area (Å²) in [6.45, 7) is 13.5. The molecule has 2 aliphatic heterocycles. The molecule has 2 aliphatic rings.